The topological polar surface area (TPSA) is 30.7 Å². The maximum absolute atomic E-state index is 6.02. The van der Waals surface area contributed by atoms with E-state index >= 15 is 0 Å². The third kappa shape index (κ3) is 4.10. The van der Waals surface area contributed by atoms with E-state index in [4.69, 9.17) is 23.2 Å². The number of hydrogen-bond donors (Lipinski definition) is 0. The van der Waals surface area contributed by atoms with Crippen molar-refractivity contribution in [1.29, 1.82) is 0 Å². The Bertz CT molecular complexity index is 580. The summed E-state index contributed by atoms with van der Waals surface area (Å²) in [5.41, 5.74) is 1.79. The third-order valence-electron chi connectivity index (χ3n) is 3.93. The van der Waals surface area contributed by atoms with Gasteiger partial charge in [0.05, 0.1) is 5.02 Å². The number of aryl methyl sites for hydroxylation is 1. The first-order valence-electron chi connectivity index (χ1n) is 7.76. The molecule has 2 aromatic rings. The molecule has 0 spiro atoms. The zero-order chi connectivity index (χ0) is 15.2. The Labute approximate surface area is 136 Å². The molecule has 1 unspecified atom stereocenters. The van der Waals surface area contributed by atoms with Gasteiger partial charge in [0.1, 0.15) is 11.3 Å². The minimum Gasteiger partial charge on any atom is -0.312 e. The van der Waals surface area contributed by atoms with Crippen LogP contribution in [0.25, 0.3) is 11.2 Å². The summed E-state index contributed by atoms with van der Waals surface area (Å²) < 4.78 is 2.23. The van der Waals surface area contributed by atoms with E-state index in [2.05, 4.69) is 28.4 Å². The van der Waals surface area contributed by atoms with Crippen LogP contribution in [0.2, 0.25) is 5.02 Å². The second-order valence-corrected chi connectivity index (χ2v) is 6.30. The van der Waals surface area contributed by atoms with E-state index < -0.39 is 0 Å². The normalized spacial score (nSPS) is 13.0. The quantitative estimate of drug-likeness (QED) is 0.633. The molecule has 0 aliphatic carbocycles. The number of alkyl halides is 1. The Morgan fingerprint density at radius 3 is 2.81 bits per heavy atom. The van der Waals surface area contributed by atoms with Gasteiger partial charge in [-0.1, -0.05) is 44.7 Å². The minimum atomic E-state index is 0.572. The number of unbranched alkanes of at least 4 members (excludes halogenated alkanes) is 1. The van der Waals surface area contributed by atoms with Crippen LogP contribution in [-0.4, -0.2) is 20.4 Å². The highest BCUT2D eigenvalue weighted by Crippen LogP contribution is 2.22. The molecule has 0 aliphatic heterocycles. The van der Waals surface area contributed by atoms with Crippen molar-refractivity contribution in [3.8, 4) is 0 Å². The van der Waals surface area contributed by atoms with Crippen molar-refractivity contribution in [3.63, 3.8) is 0 Å². The molecular formula is C16H23Cl2N3. The summed E-state index contributed by atoms with van der Waals surface area (Å²) in [6, 6.07) is 1.88. The molecule has 0 saturated heterocycles. The van der Waals surface area contributed by atoms with Crippen molar-refractivity contribution in [1.82, 2.24) is 14.5 Å². The van der Waals surface area contributed by atoms with Gasteiger partial charge in [-0.3, -0.25) is 0 Å². The molecule has 0 amide bonds. The molecule has 2 rings (SSSR count). The largest absolute Gasteiger partial charge is 0.312 e. The Morgan fingerprint density at radius 2 is 2.14 bits per heavy atom. The average molecular weight is 328 g/mol. The summed E-state index contributed by atoms with van der Waals surface area (Å²) in [5, 5.41) is 0.627. The molecule has 0 bridgehead atoms. The molecule has 0 aromatic carbocycles. The second-order valence-electron chi connectivity index (χ2n) is 5.49. The fourth-order valence-electron chi connectivity index (χ4n) is 2.68. The van der Waals surface area contributed by atoms with Crippen molar-refractivity contribution < 1.29 is 0 Å². The molecular weight excluding hydrogens is 305 g/mol. The van der Waals surface area contributed by atoms with Gasteiger partial charge in [-0.2, -0.15) is 0 Å². The number of rotatable bonds is 8. The van der Waals surface area contributed by atoms with Crippen LogP contribution in [0.4, 0.5) is 0 Å². The highest BCUT2D eigenvalue weighted by molar-refractivity contribution is 6.31. The Hall–Kier alpha value is -0.800. The van der Waals surface area contributed by atoms with Gasteiger partial charge in [0.25, 0.3) is 0 Å². The van der Waals surface area contributed by atoms with Gasteiger partial charge in [-0.15, -0.1) is 11.6 Å². The van der Waals surface area contributed by atoms with Crippen LogP contribution in [0.5, 0.6) is 0 Å². The predicted octanol–water partition coefficient (Wildman–Crippen LogP) is 5.08. The predicted molar refractivity (Wildman–Crippen MR) is 90.3 cm³/mol. The van der Waals surface area contributed by atoms with E-state index in [0.29, 0.717) is 16.8 Å². The van der Waals surface area contributed by atoms with Crippen LogP contribution in [-0.2, 0) is 13.0 Å². The molecule has 0 aliphatic rings. The summed E-state index contributed by atoms with van der Waals surface area (Å²) in [4.78, 5) is 9.14. The SMILES string of the molecule is CCCCC(CC)Cn1c(CCCl)nc2cc(Cl)cnc21. The fourth-order valence-corrected chi connectivity index (χ4v) is 3.00. The van der Waals surface area contributed by atoms with Crippen molar-refractivity contribution in [2.75, 3.05) is 5.88 Å². The molecule has 116 valence electrons. The van der Waals surface area contributed by atoms with Gasteiger partial charge in [-0.25, -0.2) is 9.97 Å². The summed E-state index contributed by atoms with van der Waals surface area (Å²) in [5.74, 6) is 2.25. The lowest BCUT2D eigenvalue weighted by Crippen LogP contribution is -2.13. The van der Waals surface area contributed by atoms with Crippen LogP contribution < -0.4 is 0 Å². The van der Waals surface area contributed by atoms with Gasteiger partial charge < -0.3 is 4.57 Å². The van der Waals surface area contributed by atoms with E-state index in [1.165, 1.54) is 25.7 Å². The van der Waals surface area contributed by atoms with E-state index in [0.717, 1.165) is 30.0 Å². The Balaban J connectivity index is 2.32. The monoisotopic (exact) mass is 327 g/mol. The lowest BCUT2D eigenvalue weighted by Gasteiger charge is -2.17. The van der Waals surface area contributed by atoms with Gasteiger partial charge in [0.2, 0.25) is 0 Å². The van der Waals surface area contributed by atoms with Gasteiger partial charge in [0, 0.05) is 25.0 Å². The summed E-state index contributed by atoms with van der Waals surface area (Å²) in [6.07, 6.45) is 7.40. The summed E-state index contributed by atoms with van der Waals surface area (Å²) in [7, 11) is 0. The smallest absolute Gasteiger partial charge is 0.160 e. The highest BCUT2D eigenvalue weighted by Gasteiger charge is 2.15. The highest BCUT2D eigenvalue weighted by atomic mass is 35.5. The molecule has 2 aromatic heterocycles. The van der Waals surface area contributed by atoms with Crippen molar-refractivity contribution >= 4 is 34.4 Å². The number of fused-ring (bicyclic) bond motifs is 1. The van der Waals surface area contributed by atoms with E-state index in [9.17, 15) is 0 Å². The first-order valence-corrected chi connectivity index (χ1v) is 8.67. The van der Waals surface area contributed by atoms with Crippen LogP contribution in [0.3, 0.4) is 0 Å². The van der Waals surface area contributed by atoms with Gasteiger partial charge in [0.15, 0.2) is 5.65 Å². The van der Waals surface area contributed by atoms with E-state index in [1.807, 2.05) is 6.07 Å². The fraction of sp³-hybridized carbons (Fsp3) is 0.625. The first kappa shape index (κ1) is 16.6. The van der Waals surface area contributed by atoms with Crippen molar-refractivity contribution in [2.45, 2.75) is 52.5 Å². The number of halogens is 2. The number of imidazole rings is 1. The number of pyridine rings is 1. The Kier molecular flexibility index (Phi) is 6.31. The zero-order valence-corrected chi connectivity index (χ0v) is 14.3. The van der Waals surface area contributed by atoms with Crippen molar-refractivity contribution in [3.05, 3.63) is 23.1 Å². The number of hydrogen-bond acceptors (Lipinski definition) is 2. The zero-order valence-electron chi connectivity index (χ0n) is 12.8. The third-order valence-corrected chi connectivity index (χ3v) is 4.33. The first-order chi connectivity index (χ1) is 10.2. The molecule has 0 saturated carbocycles. The lowest BCUT2D eigenvalue weighted by atomic mass is 9.99. The van der Waals surface area contributed by atoms with Crippen molar-refractivity contribution in [2.24, 2.45) is 5.92 Å². The van der Waals surface area contributed by atoms with Crippen LogP contribution in [0.1, 0.15) is 45.4 Å². The molecule has 3 nitrogen and oxygen atoms in total. The van der Waals surface area contributed by atoms with Gasteiger partial charge in [-0.05, 0) is 18.4 Å². The lowest BCUT2D eigenvalue weighted by molar-refractivity contribution is 0.389. The number of aromatic nitrogens is 3. The molecule has 1 atom stereocenters. The molecule has 0 fully saturated rings. The standard InChI is InChI=1S/C16H23Cl2N3/c1-3-5-6-12(4-2)11-21-15(7-8-17)20-14-9-13(18)10-19-16(14)21/h9-10,12H,3-8,11H2,1-2H3. The molecule has 0 radical (unpaired) electrons. The molecule has 21 heavy (non-hydrogen) atoms. The molecule has 5 heteroatoms. The van der Waals surface area contributed by atoms with Crippen LogP contribution in [0.15, 0.2) is 12.3 Å². The second kappa shape index (κ2) is 8.00. The van der Waals surface area contributed by atoms with E-state index in [-0.39, 0.29) is 0 Å². The van der Waals surface area contributed by atoms with E-state index in [1.54, 1.807) is 6.20 Å². The summed E-state index contributed by atoms with van der Waals surface area (Å²) in [6.45, 7) is 5.46. The maximum Gasteiger partial charge on any atom is 0.160 e. The maximum atomic E-state index is 6.02. The molecule has 0 N–H and O–H groups in total. The van der Waals surface area contributed by atoms with Gasteiger partial charge >= 0.3 is 0 Å². The average Bonchev–Trinajstić information content (AvgIpc) is 2.80. The number of nitrogens with zero attached hydrogens (tertiary/aromatic N) is 3. The summed E-state index contributed by atoms with van der Waals surface area (Å²) >= 11 is 11.9. The van der Waals surface area contributed by atoms with Crippen LogP contribution >= 0.6 is 23.2 Å². The minimum absolute atomic E-state index is 0.572. The Morgan fingerprint density at radius 1 is 1.33 bits per heavy atom. The van der Waals surface area contributed by atoms with Crippen LogP contribution in [0, 0.1) is 5.92 Å². The molecule has 2 heterocycles.